The standard InChI is InChI=1S/C4H9NO.Ca.H2O.2H/c1-3(2)4(5)6;;;;/h3H,1-2H3,(H2,5,6);;1H2;;. The Hall–Kier alpha value is 0.690. The van der Waals surface area contributed by atoms with E-state index in [0.29, 0.717) is 0 Å². The van der Waals surface area contributed by atoms with Crippen molar-refractivity contribution in [2.45, 2.75) is 13.8 Å². The Kier molecular flexibility index (Phi) is 15.3. The number of rotatable bonds is 1. The summed E-state index contributed by atoms with van der Waals surface area (Å²) < 4.78 is 0. The van der Waals surface area contributed by atoms with Crippen LogP contribution in [0.4, 0.5) is 0 Å². The van der Waals surface area contributed by atoms with Crippen LogP contribution in [0.5, 0.6) is 0 Å². The number of hydrogen-bond acceptors (Lipinski definition) is 1. The molecule has 0 spiro atoms. The van der Waals surface area contributed by atoms with E-state index in [0.717, 1.165) is 0 Å². The molecule has 0 aromatic rings. The van der Waals surface area contributed by atoms with Crippen LogP contribution in [0.2, 0.25) is 0 Å². The third-order valence-corrected chi connectivity index (χ3v) is 0.569. The number of primary amides is 1. The van der Waals surface area contributed by atoms with Crippen molar-refractivity contribution in [2.75, 3.05) is 0 Å². The molecule has 0 saturated heterocycles. The molecule has 0 aromatic heterocycles. The van der Waals surface area contributed by atoms with Crippen LogP contribution in [0, 0.1) is 5.92 Å². The molecule has 8 heavy (non-hydrogen) atoms. The minimum absolute atomic E-state index is 0. The molecule has 3 nitrogen and oxygen atoms in total. The third kappa shape index (κ3) is 9.85. The zero-order valence-corrected chi connectivity index (χ0v) is 4.56. The summed E-state index contributed by atoms with van der Waals surface area (Å²) in [6.07, 6.45) is 0. The molecule has 0 aliphatic carbocycles. The van der Waals surface area contributed by atoms with Gasteiger partial charge in [0.05, 0.1) is 0 Å². The van der Waals surface area contributed by atoms with Crippen molar-refractivity contribution in [3.8, 4) is 0 Å². The second-order valence-corrected chi connectivity index (χ2v) is 1.56. The van der Waals surface area contributed by atoms with Crippen LogP contribution >= 0.6 is 0 Å². The summed E-state index contributed by atoms with van der Waals surface area (Å²) in [5, 5.41) is 0. The molecule has 0 aliphatic heterocycles. The molecule has 0 unspecified atom stereocenters. The average Bonchev–Trinajstić information content (AvgIpc) is 1.36. The van der Waals surface area contributed by atoms with Crippen LogP contribution in [0.15, 0.2) is 0 Å². The van der Waals surface area contributed by atoms with Gasteiger partial charge in [-0.2, -0.15) is 0 Å². The third-order valence-electron chi connectivity index (χ3n) is 0.569. The van der Waals surface area contributed by atoms with E-state index >= 15 is 0 Å². The molecule has 0 bridgehead atoms. The first-order chi connectivity index (χ1) is 2.64. The molecular formula is C4H13CaNO2. The van der Waals surface area contributed by atoms with E-state index in [4.69, 9.17) is 5.73 Å². The van der Waals surface area contributed by atoms with Crippen LogP contribution in [0.1, 0.15) is 13.8 Å². The van der Waals surface area contributed by atoms with E-state index in [9.17, 15) is 4.79 Å². The zero-order valence-electron chi connectivity index (χ0n) is 4.56. The van der Waals surface area contributed by atoms with Gasteiger partial charge >= 0.3 is 37.7 Å². The van der Waals surface area contributed by atoms with Crippen molar-refractivity contribution in [1.82, 2.24) is 0 Å². The SMILES string of the molecule is CC(C)C(N)=O.O.[CaH2]. The van der Waals surface area contributed by atoms with Crippen molar-refractivity contribution in [3.05, 3.63) is 0 Å². The normalized spacial score (nSPS) is 6.88. The van der Waals surface area contributed by atoms with Gasteiger partial charge in [-0.15, -0.1) is 0 Å². The Morgan fingerprint density at radius 1 is 1.50 bits per heavy atom. The monoisotopic (exact) mass is 147 g/mol. The summed E-state index contributed by atoms with van der Waals surface area (Å²) in [5.41, 5.74) is 4.80. The van der Waals surface area contributed by atoms with Crippen LogP contribution in [0.25, 0.3) is 0 Å². The van der Waals surface area contributed by atoms with E-state index in [2.05, 4.69) is 0 Å². The topological polar surface area (TPSA) is 74.6 Å². The number of carbonyl (C=O) groups excluding carboxylic acids is 1. The van der Waals surface area contributed by atoms with Crippen molar-refractivity contribution < 1.29 is 10.3 Å². The summed E-state index contributed by atoms with van der Waals surface area (Å²) in [7, 11) is 0. The van der Waals surface area contributed by atoms with Gasteiger partial charge in [-0.05, 0) is 0 Å². The quantitative estimate of drug-likeness (QED) is 0.445. The zero-order chi connectivity index (χ0) is 5.15. The molecule has 1 amide bonds. The summed E-state index contributed by atoms with van der Waals surface area (Å²) in [6.45, 7) is 3.53. The van der Waals surface area contributed by atoms with Gasteiger partial charge in [-0.25, -0.2) is 0 Å². The predicted molar refractivity (Wildman–Crippen MR) is 36.2 cm³/mol. The summed E-state index contributed by atoms with van der Waals surface area (Å²) in [5.74, 6) is -0.250. The second kappa shape index (κ2) is 7.69. The second-order valence-electron chi connectivity index (χ2n) is 1.56. The molecule has 4 heteroatoms. The summed E-state index contributed by atoms with van der Waals surface area (Å²) in [4.78, 5) is 9.92. The van der Waals surface area contributed by atoms with Gasteiger partial charge in [-0.1, -0.05) is 13.8 Å². The van der Waals surface area contributed by atoms with Gasteiger partial charge in [0.15, 0.2) is 0 Å². The molecule has 0 radical (unpaired) electrons. The van der Waals surface area contributed by atoms with E-state index in [1.54, 1.807) is 13.8 Å². The van der Waals surface area contributed by atoms with Crippen LogP contribution in [-0.2, 0) is 4.79 Å². The molecule has 0 aliphatic rings. The van der Waals surface area contributed by atoms with Crippen molar-refractivity contribution in [2.24, 2.45) is 11.7 Å². The molecule has 0 rings (SSSR count). The fraction of sp³-hybridized carbons (Fsp3) is 0.750. The first-order valence-electron chi connectivity index (χ1n) is 1.94. The fourth-order valence-corrected chi connectivity index (χ4v) is 0. The molecule has 0 heterocycles. The van der Waals surface area contributed by atoms with Gasteiger partial charge in [0, 0.05) is 5.92 Å². The maximum absolute atomic E-state index is 9.92. The summed E-state index contributed by atoms with van der Waals surface area (Å²) in [6, 6.07) is 0. The number of nitrogens with two attached hydrogens (primary N) is 1. The molecule has 0 aromatic carbocycles. The predicted octanol–water partition coefficient (Wildman–Crippen LogP) is -1.61. The Balaban J connectivity index is -0.000000125. The fourth-order valence-electron chi connectivity index (χ4n) is 0. The van der Waals surface area contributed by atoms with Gasteiger partial charge < -0.3 is 11.2 Å². The van der Waals surface area contributed by atoms with Gasteiger partial charge in [0.2, 0.25) is 5.91 Å². The minimum atomic E-state index is -0.241. The maximum atomic E-state index is 9.92. The van der Waals surface area contributed by atoms with Gasteiger partial charge in [0.25, 0.3) is 0 Å². The molecule has 48 valence electrons. The number of carbonyl (C=O) groups is 1. The first-order valence-corrected chi connectivity index (χ1v) is 1.94. The van der Waals surface area contributed by atoms with E-state index in [-0.39, 0.29) is 55.0 Å². The Labute approximate surface area is 78.9 Å². The Morgan fingerprint density at radius 2 is 1.62 bits per heavy atom. The number of amides is 1. The van der Waals surface area contributed by atoms with E-state index in [1.165, 1.54) is 0 Å². The Morgan fingerprint density at radius 3 is 1.62 bits per heavy atom. The Bertz CT molecular complexity index is 65.1. The number of hydrogen-bond donors (Lipinski definition) is 1. The van der Waals surface area contributed by atoms with Crippen molar-refractivity contribution >= 4 is 43.6 Å². The van der Waals surface area contributed by atoms with E-state index in [1.807, 2.05) is 0 Å². The van der Waals surface area contributed by atoms with E-state index < -0.39 is 0 Å². The summed E-state index contributed by atoms with van der Waals surface area (Å²) >= 11 is 0. The molecule has 0 atom stereocenters. The van der Waals surface area contributed by atoms with Gasteiger partial charge in [0.1, 0.15) is 0 Å². The molecule has 4 N–H and O–H groups in total. The molecule has 0 saturated carbocycles. The van der Waals surface area contributed by atoms with Crippen LogP contribution in [0.3, 0.4) is 0 Å². The van der Waals surface area contributed by atoms with Crippen molar-refractivity contribution in [1.29, 1.82) is 0 Å². The molecule has 0 fully saturated rings. The molecular weight excluding hydrogens is 134 g/mol. The van der Waals surface area contributed by atoms with Crippen LogP contribution in [-0.4, -0.2) is 49.1 Å². The van der Waals surface area contributed by atoms with Crippen LogP contribution < -0.4 is 5.73 Å². The first kappa shape index (κ1) is 15.9. The average molecular weight is 147 g/mol. The van der Waals surface area contributed by atoms with Crippen molar-refractivity contribution in [3.63, 3.8) is 0 Å². The van der Waals surface area contributed by atoms with Gasteiger partial charge in [-0.3, -0.25) is 4.79 Å².